The minimum Gasteiger partial charge on any atom is -0.495 e. The number of nitrogens with zero attached hydrogens (tertiary/aromatic N) is 2. The van der Waals surface area contributed by atoms with E-state index in [0.717, 1.165) is 63.3 Å². The largest absolute Gasteiger partial charge is 0.495 e. The Hall–Kier alpha value is -2.09. The van der Waals surface area contributed by atoms with Gasteiger partial charge in [-0.3, -0.25) is 4.90 Å². The maximum atomic E-state index is 12.9. The van der Waals surface area contributed by atoms with E-state index >= 15 is 0 Å². The van der Waals surface area contributed by atoms with Crippen molar-refractivity contribution in [3.05, 3.63) is 54.6 Å². The lowest BCUT2D eigenvalue weighted by molar-refractivity contribution is 0.124. The zero-order chi connectivity index (χ0) is 21.0. The Morgan fingerprint density at radius 1 is 0.900 bits per heavy atom. The van der Waals surface area contributed by atoms with E-state index in [4.69, 9.17) is 4.74 Å². The number of piperazine rings is 1. The number of rotatable bonds is 6. The first-order valence-corrected chi connectivity index (χ1v) is 12.3. The first kappa shape index (κ1) is 21.2. The lowest BCUT2D eigenvalue weighted by atomic mass is 9.89. The van der Waals surface area contributed by atoms with Gasteiger partial charge in [-0.2, -0.15) is 0 Å². The fraction of sp³-hybridized carbons (Fsp3) is 0.478. The van der Waals surface area contributed by atoms with Crippen LogP contribution in [-0.4, -0.2) is 58.7 Å². The molecule has 2 atom stereocenters. The average Bonchev–Trinajstić information content (AvgIpc) is 2.80. The Bertz CT molecular complexity index is 928. The van der Waals surface area contributed by atoms with Gasteiger partial charge in [-0.25, -0.2) is 13.1 Å². The maximum absolute atomic E-state index is 12.9. The Labute approximate surface area is 179 Å². The smallest absolute Gasteiger partial charge is 0.240 e. The van der Waals surface area contributed by atoms with Crippen LogP contribution in [0, 0.1) is 0 Å². The molecular formula is C23H31N3O3S. The number of hydrogen-bond donors (Lipinski definition) is 1. The van der Waals surface area contributed by atoms with Crippen molar-refractivity contribution in [1.29, 1.82) is 0 Å². The molecule has 2 aliphatic rings. The van der Waals surface area contributed by atoms with Crippen molar-refractivity contribution in [1.82, 2.24) is 9.62 Å². The van der Waals surface area contributed by atoms with Gasteiger partial charge in [0, 0.05) is 38.3 Å². The van der Waals surface area contributed by atoms with E-state index in [2.05, 4.69) is 20.6 Å². The van der Waals surface area contributed by atoms with Gasteiger partial charge >= 0.3 is 0 Å². The van der Waals surface area contributed by atoms with Crippen molar-refractivity contribution in [3.8, 4) is 5.75 Å². The number of anilines is 1. The number of ether oxygens (including phenoxy) is 1. The van der Waals surface area contributed by atoms with E-state index in [9.17, 15) is 8.42 Å². The average molecular weight is 430 g/mol. The normalized spacial score (nSPS) is 23.3. The highest BCUT2D eigenvalue weighted by Gasteiger charge is 2.35. The Morgan fingerprint density at radius 2 is 1.57 bits per heavy atom. The SMILES string of the molecule is COc1ccccc1N1CCN([C@@H]2CCCC[C@@H]2NS(=O)(=O)c2ccccc2)CC1. The number of nitrogens with one attached hydrogen (secondary N) is 1. The third-order valence-corrected chi connectivity index (χ3v) is 7.80. The minimum atomic E-state index is -3.50. The van der Waals surface area contributed by atoms with E-state index in [1.807, 2.05) is 24.3 Å². The molecule has 1 aliphatic carbocycles. The van der Waals surface area contributed by atoms with Crippen LogP contribution in [0.4, 0.5) is 5.69 Å². The monoisotopic (exact) mass is 429 g/mol. The van der Waals surface area contributed by atoms with Gasteiger partial charge in [0.25, 0.3) is 0 Å². The van der Waals surface area contributed by atoms with Crippen molar-refractivity contribution in [3.63, 3.8) is 0 Å². The van der Waals surface area contributed by atoms with Gasteiger partial charge in [-0.1, -0.05) is 43.2 Å². The van der Waals surface area contributed by atoms with Crippen LogP contribution in [-0.2, 0) is 10.0 Å². The second kappa shape index (κ2) is 9.37. The molecule has 162 valence electrons. The first-order chi connectivity index (χ1) is 14.6. The molecule has 1 aliphatic heterocycles. The molecule has 1 saturated heterocycles. The summed E-state index contributed by atoms with van der Waals surface area (Å²) in [5, 5.41) is 0. The van der Waals surface area contributed by atoms with Crippen LogP contribution in [0.3, 0.4) is 0 Å². The molecule has 0 bridgehead atoms. The predicted octanol–water partition coefficient (Wildman–Crippen LogP) is 3.11. The third-order valence-electron chi connectivity index (χ3n) is 6.30. The lowest BCUT2D eigenvalue weighted by Gasteiger charge is -2.44. The molecule has 0 spiro atoms. The number of methoxy groups -OCH3 is 1. The van der Waals surface area contributed by atoms with E-state index < -0.39 is 10.0 Å². The summed E-state index contributed by atoms with van der Waals surface area (Å²) in [5.41, 5.74) is 1.13. The number of para-hydroxylation sites is 2. The molecule has 30 heavy (non-hydrogen) atoms. The Balaban J connectivity index is 1.43. The molecule has 0 unspecified atom stereocenters. The van der Waals surface area contributed by atoms with Crippen molar-refractivity contribution in [2.45, 2.75) is 42.7 Å². The second-order valence-corrected chi connectivity index (χ2v) is 9.80. The summed E-state index contributed by atoms with van der Waals surface area (Å²) in [6.45, 7) is 3.67. The summed E-state index contributed by atoms with van der Waals surface area (Å²) in [4.78, 5) is 5.18. The van der Waals surface area contributed by atoms with E-state index in [-0.39, 0.29) is 12.1 Å². The van der Waals surface area contributed by atoms with Crippen LogP contribution >= 0.6 is 0 Å². The maximum Gasteiger partial charge on any atom is 0.240 e. The molecule has 1 N–H and O–H groups in total. The van der Waals surface area contributed by atoms with Gasteiger partial charge in [0.2, 0.25) is 10.0 Å². The zero-order valence-corrected chi connectivity index (χ0v) is 18.4. The number of hydrogen-bond acceptors (Lipinski definition) is 5. The second-order valence-electron chi connectivity index (χ2n) is 8.09. The molecule has 2 fully saturated rings. The highest BCUT2D eigenvalue weighted by atomic mass is 32.2. The van der Waals surface area contributed by atoms with Crippen molar-refractivity contribution in [2.75, 3.05) is 38.2 Å². The number of benzene rings is 2. The topological polar surface area (TPSA) is 61.9 Å². The summed E-state index contributed by atoms with van der Waals surface area (Å²) >= 11 is 0. The lowest BCUT2D eigenvalue weighted by Crippen LogP contribution is -2.58. The van der Waals surface area contributed by atoms with Crippen molar-refractivity contribution >= 4 is 15.7 Å². The molecule has 1 heterocycles. The first-order valence-electron chi connectivity index (χ1n) is 10.8. The molecular weight excluding hydrogens is 398 g/mol. The molecule has 2 aromatic rings. The van der Waals surface area contributed by atoms with Gasteiger partial charge < -0.3 is 9.64 Å². The highest BCUT2D eigenvalue weighted by Crippen LogP contribution is 2.30. The summed E-state index contributed by atoms with van der Waals surface area (Å²) in [7, 11) is -1.79. The fourth-order valence-electron chi connectivity index (χ4n) is 4.74. The van der Waals surface area contributed by atoms with E-state index in [1.54, 1.807) is 31.4 Å². The van der Waals surface area contributed by atoms with E-state index in [1.165, 1.54) is 0 Å². The van der Waals surface area contributed by atoms with Crippen molar-refractivity contribution < 1.29 is 13.2 Å². The predicted molar refractivity (Wildman–Crippen MR) is 120 cm³/mol. The molecule has 7 heteroatoms. The molecule has 2 aromatic carbocycles. The zero-order valence-electron chi connectivity index (χ0n) is 17.5. The standard InChI is InChI=1S/C23H31N3O3S/c1-29-23-14-8-7-13-22(23)26-17-15-25(16-18-26)21-12-6-5-11-20(21)24-30(27,28)19-9-3-2-4-10-19/h2-4,7-10,13-14,20-21,24H,5-6,11-12,15-18H2,1H3/t20-,21+/m0/s1. The molecule has 6 nitrogen and oxygen atoms in total. The minimum absolute atomic E-state index is 0.0400. The van der Waals surface area contributed by atoms with E-state index in [0.29, 0.717) is 4.90 Å². The summed E-state index contributed by atoms with van der Waals surface area (Å²) in [6, 6.07) is 17.0. The highest BCUT2D eigenvalue weighted by molar-refractivity contribution is 7.89. The van der Waals surface area contributed by atoms with Gasteiger partial charge in [-0.05, 0) is 37.1 Å². The van der Waals surface area contributed by atoms with Gasteiger partial charge in [0.1, 0.15) is 5.75 Å². The summed E-state index contributed by atoms with van der Waals surface area (Å²) in [5.74, 6) is 0.900. The van der Waals surface area contributed by atoms with Gasteiger partial charge in [0.05, 0.1) is 17.7 Å². The Morgan fingerprint density at radius 3 is 2.30 bits per heavy atom. The van der Waals surface area contributed by atoms with Gasteiger partial charge in [-0.15, -0.1) is 0 Å². The molecule has 0 radical (unpaired) electrons. The van der Waals surface area contributed by atoms with Crippen LogP contribution in [0.5, 0.6) is 5.75 Å². The molecule has 4 rings (SSSR count). The van der Waals surface area contributed by atoms with Crippen LogP contribution < -0.4 is 14.4 Å². The van der Waals surface area contributed by atoms with Crippen LogP contribution in [0.1, 0.15) is 25.7 Å². The quantitative estimate of drug-likeness (QED) is 0.765. The van der Waals surface area contributed by atoms with Crippen LogP contribution in [0.15, 0.2) is 59.5 Å². The Kier molecular flexibility index (Phi) is 6.61. The molecule has 0 aromatic heterocycles. The summed E-state index contributed by atoms with van der Waals surface area (Å²) in [6.07, 6.45) is 4.15. The molecule has 1 saturated carbocycles. The third kappa shape index (κ3) is 4.63. The number of sulfonamides is 1. The van der Waals surface area contributed by atoms with Crippen LogP contribution in [0.25, 0.3) is 0 Å². The fourth-order valence-corrected chi connectivity index (χ4v) is 6.06. The molecule has 0 amide bonds. The van der Waals surface area contributed by atoms with Crippen LogP contribution in [0.2, 0.25) is 0 Å². The summed E-state index contributed by atoms with van der Waals surface area (Å²) < 4.78 is 34.3. The van der Waals surface area contributed by atoms with Crippen molar-refractivity contribution in [2.24, 2.45) is 0 Å². The van der Waals surface area contributed by atoms with Gasteiger partial charge in [0.15, 0.2) is 0 Å².